The fourth-order valence-corrected chi connectivity index (χ4v) is 7.23. The highest BCUT2D eigenvalue weighted by atomic mass is 31.1. The van der Waals surface area contributed by atoms with Gasteiger partial charge in [-0.3, -0.25) is 0 Å². The van der Waals surface area contributed by atoms with Gasteiger partial charge >= 0.3 is 0 Å². The molecule has 2 aromatic carbocycles. The van der Waals surface area contributed by atoms with Crippen molar-refractivity contribution >= 4 is 7.92 Å². The molecule has 2 nitrogen and oxygen atoms in total. The van der Waals surface area contributed by atoms with Gasteiger partial charge in [0.05, 0.1) is 12.2 Å². The predicted octanol–water partition coefficient (Wildman–Crippen LogP) is 4.85. The zero-order valence-corrected chi connectivity index (χ0v) is 16.2. The third-order valence-corrected chi connectivity index (χ3v) is 8.59. The van der Waals surface area contributed by atoms with Gasteiger partial charge in [-0.1, -0.05) is 68.6 Å². The van der Waals surface area contributed by atoms with E-state index in [1.54, 1.807) is 0 Å². The first-order valence-electron chi connectivity index (χ1n) is 9.19. The maximum absolute atomic E-state index is 6.39. The van der Waals surface area contributed by atoms with Crippen molar-refractivity contribution in [3.8, 4) is 0 Å². The van der Waals surface area contributed by atoms with Crippen molar-refractivity contribution in [3.05, 3.63) is 71.8 Å². The van der Waals surface area contributed by atoms with E-state index in [9.17, 15) is 0 Å². The average Bonchev–Trinajstić information content (AvgIpc) is 3.03. The summed E-state index contributed by atoms with van der Waals surface area (Å²) in [6, 6.07) is 21.7. The van der Waals surface area contributed by atoms with E-state index in [0.29, 0.717) is 11.3 Å². The Balaban J connectivity index is 1.59. The summed E-state index contributed by atoms with van der Waals surface area (Å²) in [5.74, 6) is -0.462. The molecule has 2 fully saturated rings. The van der Waals surface area contributed by atoms with Crippen molar-refractivity contribution in [2.24, 2.45) is 0 Å². The molecule has 0 bridgehead atoms. The van der Waals surface area contributed by atoms with E-state index in [-0.39, 0.29) is 20.1 Å². The van der Waals surface area contributed by atoms with Crippen molar-refractivity contribution in [2.45, 2.75) is 56.0 Å². The first-order chi connectivity index (χ1) is 12.0. The van der Waals surface area contributed by atoms with Gasteiger partial charge in [-0.2, -0.15) is 0 Å². The van der Waals surface area contributed by atoms with Crippen LogP contribution in [0.1, 0.15) is 25.0 Å². The predicted molar refractivity (Wildman–Crippen MR) is 105 cm³/mol. The Kier molecular flexibility index (Phi) is 4.71. The minimum atomic E-state index is -0.462. The Labute approximate surface area is 152 Å². The average molecular weight is 354 g/mol. The van der Waals surface area contributed by atoms with Gasteiger partial charge in [0, 0.05) is 11.3 Å². The minimum absolute atomic E-state index is 0.164. The standard InChI is InChI=1S/C22H27O2P/c1-22(2)23-20-18(14-16-10-6-4-7-11-16)25(3)19(21(20)24-22)15-17-12-8-5-9-13-17/h4-13,18-21H,14-15H2,1-3H3/t18-,19-,20?,21?,25?/m0/s1. The lowest BCUT2D eigenvalue weighted by atomic mass is 9.99. The molecule has 2 unspecified atom stereocenters. The monoisotopic (exact) mass is 354 g/mol. The van der Waals surface area contributed by atoms with Gasteiger partial charge < -0.3 is 9.47 Å². The van der Waals surface area contributed by atoms with Crippen molar-refractivity contribution in [1.29, 1.82) is 0 Å². The molecule has 0 radical (unpaired) electrons. The largest absolute Gasteiger partial charge is 0.344 e. The van der Waals surface area contributed by atoms with Crippen LogP contribution in [-0.4, -0.2) is 36.0 Å². The lowest BCUT2D eigenvalue weighted by Gasteiger charge is -2.29. The smallest absolute Gasteiger partial charge is 0.163 e. The van der Waals surface area contributed by atoms with Crippen LogP contribution in [0, 0.1) is 0 Å². The Bertz CT molecular complexity index is 641. The van der Waals surface area contributed by atoms with Crippen molar-refractivity contribution in [1.82, 2.24) is 0 Å². The van der Waals surface area contributed by atoms with Crippen molar-refractivity contribution in [3.63, 3.8) is 0 Å². The highest BCUT2D eigenvalue weighted by Gasteiger charge is 2.56. The molecule has 2 aliphatic heterocycles. The van der Waals surface area contributed by atoms with Gasteiger partial charge in [-0.15, -0.1) is 0 Å². The number of hydrogen-bond donors (Lipinski definition) is 0. The molecule has 0 amide bonds. The lowest BCUT2D eigenvalue weighted by Crippen LogP contribution is -2.31. The summed E-state index contributed by atoms with van der Waals surface area (Å²) in [6.07, 6.45) is 2.63. The van der Waals surface area contributed by atoms with Gasteiger partial charge in [-0.25, -0.2) is 0 Å². The Hall–Kier alpha value is -1.21. The van der Waals surface area contributed by atoms with E-state index in [4.69, 9.17) is 9.47 Å². The number of hydrogen-bond acceptors (Lipinski definition) is 2. The van der Waals surface area contributed by atoms with Gasteiger partial charge in [-0.05, 0) is 44.5 Å². The first kappa shape index (κ1) is 17.2. The molecule has 0 aromatic heterocycles. The molecule has 25 heavy (non-hydrogen) atoms. The third kappa shape index (κ3) is 3.53. The maximum atomic E-state index is 6.39. The van der Waals surface area contributed by atoms with E-state index in [1.165, 1.54) is 11.1 Å². The molecule has 2 aromatic rings. The molecule has 3 heteroatoms. The molecule has 0 saturated carbocycles. The highest BCUT2D eigenvalue weighted by molar-refractivity contribution is 7.59. The van der Waals surface area contributed by atoms with Gasteiger partial charge in [0.1, 0.15) is 0 Å². The summed E-state index contributed by atoms with van der Waals surface area (Å²) < 4.78 is 12.8. The van der Waals surface area contributed by atoms with Crippen LogP contribution in [0.2, 0.25) is 0 Å². The summed E-state index contributed by atoms with van der Waals surface area (Å²) in [5, 5.41) is 0. The van der Waals surface area contributed by atoms with Crippen LogP contribution in [-0.2, 0) is 22.3 Å². The Morgan fingerprint density at radius 3 is 1.56 bits per heavy atom. The van der Waals surface area contributed by atoms with E-state index in [2.05, 4.69) is 81.2 Å². The van der Waals surface area contributed by atoms with Crippen LogP contribution in [0.3, 0.4) is 0 Å². The van der Waals surface area contributed by atoms with Crippen molar-refractivity contribution in [2.75, 3.05) is 6.66 Å². The number of fused-ring (bicyclic) bond motifs is 1. The molecule has 0 aliphatic carbocycles. The molecule has 4 atom stereocenters. The van der Waals surface area contributed by atoms with Gasteiger partial charge in [0.15, 0.2) is 5.79 Å². The van der Waals surface area contributed by atoms with E-state index >= 15 is 0 Å². The highest BCUT2D eigenvalue weighted by Crippen LogP contribution is 2.60. The molecule has 0 N–H and O–H groups in total. The topological polar surface area (TPSA) is 18.5 Å². The van der Waals surface area contributed by atoms with E-state index in [0.717, 1.165) is 12.8 Å². The minimum Gasteiger partial charge on any atom is -0.344 e. The van der Waals surface area contributed by atoms with Crippen LogP contribution >= 0.6 is 7.92 Å². The van der Waals surface area contributed by atoms with E-state index < -0.39 is 5.79 Å². The zero-order chi connectivity index (χ0) is 17.4. The molecule has 2 heterocycles. The molecular weight excluding hydrogens is 327 g/mol. The van der Waals surface area contributed by atoms with Crippen LogP contribution in [0.15, 0.2) is 60.7 Å². The third-order valence-electron chi connectivity index (χ3n) is 5.54. The SMILES string of the molecule is CP1[C@@H](Cc2ccccc2)C2OC(C)(C)OC2[C@@H]1Cc1ccccc1. The summed E-state index contributed by atoms with van der Waals surface area (Å²) >= 11 is 0. The lowest BCUT2D eigenvalue weighted by molar-refractivity contribution is -0.147. The summed E-state index contributed by atoms with van der Waals surface area (Å²) in [6.45, 7) is 6.57. The summed E-state index contributed by atoms with van der Waals surface area (Å²) in [7, 11) is -0.164. The first-order valence-corrected chi connectivity index (χ1v) is 11.1. The normalized spacial score (nSPS) is 33.3. The van der Waals surface area contributed by atoms with Crippen molar-refractivity contribution < 1.29 is 9.47 Å². The van der Waals surface area contributed by atoms with Crippen LogP contribution < -0.4 is 0 Å². The van der Waals surface area contributed by atoms with Crippen LogP contribution in [0.5, 0.6) is 0 Å². The fourth-order valence-electron chi connectivity index (χ4n) is 4.35. The molecule has 2 saturated heterocycles. The van der Waals surface area contributed by atoms with E-state index in [1.807, 2.05) is 0 Å². The molecule has 132 valence electrons. The molecule has 4 rings (SSSR count). The number of benzene rings is 2. The summed E-state index contributed by atoms with van der Waals surface area (Å²) in [5.41, 5.74) is 3.96. The number of rotatable bonds is 4. The van der Waals surface area contributed by atoms with Crippen LogP contribution in [0.25, 0.3) is 0 Å². The van der Waals surface area contributed by atoms with Gasteiger partial charge in [0.2, 0.25) is 0 Å². The maximum Gasteiger partial charge on any atom is 0.163 e. The Morgan fingerprint density at radius 1 is 0.760 bits per heavy atom. The quantitative estimate of drug-likeness (QED) is 0.731. The summed E-state index contributed by atoms with van der Waals surface area (Å²) in [4.78, 5) is 0. The molecule has 0 spiro atoms. The second-order valence-corrected chi connectivity index (χ2v) is 10.4. The second kappa shape index (κ2) is 6.83. The second-order valence-electron chi connectivity index (χ2n) is 7.74. The van der Waals surface area contributed by atoms with Crippen LogP contribution in [0.4, 0.5) is 0 Å². The molecular formula is C22H27O2P. The fraction of sp³-hybridized carbons (Fsp3) is 0.455. The zero-order valence-electron chi connectivity index (χ0n) is 15.3. The molecule has 2 aliphatic rings. The number of ether oxygens (including phenoxy) is 2. The Morgan fingerprint density at radius 2 is 1.16 bits per heavy atom. The van der Waals surface area contributed by atoms with Gasteiger partial charge in [0.25, 0.3) is 0 Å².